The van der Waals surface area contributed by atoms with Gasteiger partial charge in [-0.3, -0.25) is 0 Å². The molecule has 118 valence electrons. The van der Waals surface area contributed by atoms with E-state index in [-0.39, 0.29) is 17.9 Å². The first-order valence-electron chi connectivity index (χ1n) is 7.51. The minimum atomic E-state index is -0.239. The van der Waals surface area contributed by atoms with E-state index >= 15 is 0 Å². The number of aromatic nitrogens is 1. The fraction of sp³-hybridized carbons (Fsp3) is 0.353. The van der Waals surface area contributed by atoms with Crippen LogP contribution in [0.3, 0.4) is 0 Å². The molecule has 1 atom stereocenters. The molecule has 0 aliphatic heterocycles. The molecule has 1 aromatic carbocycles. The van der Waals surface area contributed by atoms with Gasteiger partial charge in [0.05, 0.1) is 6.54 Å². The van der Waals surface area contributed by atoms with Gasteiger partial charge in [-0.25, -0.2) is 9.18 Å². The molecule has 0 spiro atoms. The van der Waals surface area contributed by atoms with Crippen molar-refractivity contribution in [2.45, 2.75) is 39.4 Å². The van der Waals surface area contributed by atoms with Crippen molar-refractivity contribution < 1.29 is 9.18 Å². The highest BCUT2D eigenvalue weighted by molar-refractivity contribution is 5.74. The van der Waals surface area contributed by atoms with Gasteiger partial charge in [-0.1, -0.05) is 19.1 Å². The smallest absolute Gasteiger partial charge is 0.315 e. The molecule has 1 unspecified atom stereocenters. The third-order valence-corrected chi connectivity index (χ3v) is 3.59. The van der Waals surface area contributed by atoms with E-state index in [1.807, 2.05) is 42.8 Å². The largest absolute Gasteiger partial charge is 0.345 e. The molecule has 22 heavy (non-hydrogen) atoms. The van der Waals surface area contributed by atoms with Crippen LogP contribution >= 0.6 is 0 Å². The monoisotopic (exact) mass is 303 g/mol. The molecule has 1 heterocycles. The molecular weight excluding hydrogens is 281 g/mol. The first-order chi connectivity index (χ1) is 10.6. The van der Waals surface area contributed by atoms with Crippen molar-refractivity contribution >= 4 is 6.03 Å². The van der Waals surface area contributed by atoms with Crippen molar-refractivity contribution in [3.05, 3.63) is 59.7 Å². The first-order valence-corrected chi connectivity index (χ1v) is 7.51. The topological polar surface area (TPSA) is 46.1 Å². The Balaban J connectivity index is 1.94. The summed E-state index contributed by atoms with van der Waals surface area (Å²) in [6.07, 6.45) is 2.82. The Morgan fingerprint density at radius 1 is 1.32 bits per heavy atom. The van der Waals surface area contributed by atoms with E-state index in [4.69, 9.17) is 0 Å². The van der Waals surface area contributed by atoms with Crippen LogP contribution in [0.1, 0.15) is 31.5 Å². The zero-order valence-electron chi connectivity index (χ0n) is 13.0. The standard InChI is InChI=1S/C17H22FN3O/c1-3-13(2)20-17(22)19-11-16-8-5-9-21(16)12-14-6-4-7-15(18)10-14/h4-10,13H,3,11-12H2,1-2H3,(H2,19,20,22). The summed E-state index contributed by atoms with van der Waals surface area (Å²) in [4.78, 5) is 11.7. The van der Waals surface area contributed by atoms with Crippen LogP contribution in [0.2, 0.25) is 0 Å². The summed E-state index contributed by atoms with van der Waals surface area (Å²) in [6.45, 7) is 5.00. The number of benzene rings is 1. The van der Waals surface area contributed by atoms with Gasteiger partial charge in [0.2, 0.25) is 0 Å². The predicted octanol–water partition coefficient (Wildman–Crippen LogP) is 3.27. The second-order valence-corrected chi connectivity index (χ2v) is 5.39. The molecule has 0 fully saturated rings. The summed E-state index contributed by atoms with van der Waals surface area (Å²) in [6, 6.07) is 10.4. The number of urea groups is 1. The summed E-state index contributed by atoms with van der Waals surface area (Å²) in [5, 5.41) is 5.70. The van der Waals surface area contributed by atoms with Crippen LogP contribution in [0.15, 0.2) is 42.6 Å². The number of amides is 2. The highest BCUT2D eigenvalue weighted by atomic mass is 19.1. The zero-order chi connectivity index (χ0) is 15.9. The minimum absolute atomic E-state index is 0.152. The molecule has 2 N–H and O–H groups in total. The molecule has 1 aromatic heterocycles. The highest BCUT2D eigenvalue weighted by Crippen LogP contribution is 2.09. The number of carbonyl (C=O) groups is 1. The number of rotatable bonds is 6. The van der Waals surface area contributed by atoms with Gasteiger partial charge in [0.25, 0.3) is 0 Å². The molecule has 0 saturated carbocycles. The first kappa shape index (κ1) is 16.1. The van der Waals surface area contributed by atoms with Crippen molar-refractivity contribution in [1.29, 1.82) is 0 Å². The Labute approximate surface area is 130 Å². The van der Waals surface area contributed by atoms with E-state index in [9.17, 15) is 9.18 Å². The Kier molecular flexibility index (Phi) is 5.58. The lowest BCUT2D eigenvalue weighted by Crippen LogP contribution is -2.40. The number of nitrogens with zero attached hydrogens (tertiary/aromatic N) is 1. The number of nitrogens with one attached hydrogen (secondary N) is 2. The molecule has 0 radical (unpaired) electrons. The summed E-state index contributed by atoms with van der Waals surface area (Å²) >= 11 is 0. The Bertz CT molecular complexity index is 624. The van der Waals surface area contributed by atoms with Gasteiger partial charge in [-0.2, -0.15) is 0 Å². The van der Waals surface area contributed by atoms with E-state index in [0.29, 0.717) is 13.1 Å². The second-order valence-electron chi connectivity index (χ2n) is 5.39. The second kappa shape index (κ2) is 7.64. The molecule has 0 saturated heterocycles. The summed E-state index contributed by atoms with van der Waals surface area (Å²) < 4.78 is 15.2. The van der Waals surface area contributed by atoms with Gasteiger partial charge >= 0.3 is 6.03 Å². The van der Waals surface area contributed by atoms with Crippen LogP contribution < -0.4 is 10.6 Å². The average Bonchev–Trinajstić information content (AvgIpc) is 2.92. The van der Waals surface area contributed by atoms with Crippen LogP contribution in [0.25, 0.3) is 0 Å². The fourth-order valence-corrected chi connectivity index (χ4v) is 2.14. The zero-order valence-corrected chi connectivity index (χ0v) is 13.0. The van der Waals surface area contributed by atoms with Crippen LogP contribution in [-0.2, 0) is 13.1 Å². The lowest BCUT2D eigenvalue weighted by atomic mass is 10.2. The molecule has 2 rings (SSSR count). The number of hydrogen-bond acceptors (Lipinski definition) is 1. The van der Waals surface area contributed by atoms with Gasteiger partial charge in [0.15, 0.2) is 0 Å². The molecule has 2 amide bonds. The van der Waals surface area contributed by atoms with E-state index < -0.39 is 0 Å². The predicted molar refractivity (Wildman–Crippen MR) is 85.1 cm³/mol. The van der Waals surface area contributed by atoms with Gasteiger partial charge < -0.3 is 15.2 Å². The van der Waals surface area contributed by atoms with Crippen LogP contribution in [0.5, 0.6) is 0 Å². The van der Waals surface area contributed by atoms with Crippen molar-refractivity contribution in [3.8, 4) is 0 Å². The molecule has 5 heteroatoms. The van der Waals surface area contributed by atoms with Crippen LogP contribution in [-0.4, -0.2) is 16.6 Å². The maximum absolute atomic E-state index is 13.2. The van der Waals surface area contributed by atoms with E-state index in [0.717, 1.165) is 17.7 Å². The van der Waals surface area contributed by atoms with Crippen molar-refractivity contribution in [3.63, 3.8) is 0 Å². The SMILES string of the molecule is CCC(C)NC(=O)NCc1cccn1Cc1cccc(F)c1. The third-order valence-electron chi connectivity index (χ3n) is 3.59. The third kappa shape index (κ3) is 4.62. The normalized spacial score (nSPS) is 12.0. The molecular formula is C17H22FN3O. The van der Waals surface area contributed by atoms with Gasteiger partial charge in [-0.15, -0.1) is 0 Å². The maximum atomic E-state index is 13.2. The molecule has 4 nitrogen and oxygen atoms in total. The molecule has 2 aromatic rings. The summed E-state index contributed by atoms with van der Waals surface area (Å²) in [5.41, 5.74) is 1.87. The average molecular weight is 303 g/mol. The quantitative estimate of drug-likeness (QED) is 0.845. The van der Waals surface area contributed by atoms with Crippen molar-refractivity contribution in [1.82, 2.24) is 15.2 Å². The molecule has 0 aliphatic carbocycles. The summed E-state index contributed by atoms with van der Waals surface area (Å²) in [5.74, 6) is -0.239. The van der Waals surface area contributed by atoms with E-state index in [1.54, 1.807) is 6.07 Å². The maximum Gasteiger partial charge on any atom is 0.315 e. The van der Waals surface area contributed by atoms with Crippen LogP contribution in [0, 0.1) is 5.82 Å². The highest BCUT2D eigenvalue weighted by Gasteiger charge is 2.07. The Morgan fingerprint density at radius 3 is 2.86 bits per heavy atom. The lowest BCUT2D eigenvalue weighted by Gasteiger charge is -2.14. The van der Waals surface area contributed by atoms with E-state index in [1.165, 1.54) is 12.1 Å². The number of halogens is 1. The van der Waals surface area contributed by atoms with Gasteiger partial charge in [0, 0.05) is 24.5 Å². The fourth-order valence-electron chi connectivity index (χ4n) is 2.14. The Morgan fingerprint density at radius 2 is 2.14 bits per heavy atom. The van der Waals surface area contributed by atoms with Crippen LogP contribution in [0.4, 0.5) is 9.18 Å². The summed E-state index contributed by atoms with van der Waals surface area (Å²) in [7, 11) is 0. The minimum Gasteiger partial charge on any atom is -0.345 e. The molecule has 0 aliphatic rings. The van der Waals surface area contributed by atoms with Gasteiger partial charge in [-0.05, 0) is 43.2 Å². The lowest BCUT2D eigenvalue weighted by molar-refractivity contribution is 0.237. The van der Waals surface area contributed by atoms with Crippen molar-refractivity contribution in [2.24, 2.45) is 0 Å². The number of hydrogen-bond donors (Lipinski definition) is 2. The molecule has 0 bridgehead atoms. The van der Waals surface area contributed by atoms with Crippen molar-refractivity contribution in [2.75, 3.05) is 0 Å². The Hall–Kier alpha value is -2.30. The number of carbonyl (C=O) groups excluding carboxylic acids is 1. The van der Waals surface area contributed by atoms with E-state index in [2.05, 4.69) is 10.6 Å². The van der Waals surface area contributed by atoms with Gasteiger partial charge in [0.1, 0.15) is 5.82 Å².